The molecule has 1 aromatic carbocycles. The summed E-state index contributed by atoms with van der Waals surface area (Å²) >= 11 is 0. The van der Waals surface area contributed by atoms with Crippen LogP contribution in [0.5, 0.6) is 0 Å². The summed E-state index contributed by atoms with van der Waals surface area (Å²) < 4.78 is 15.1. The summed E-state index contributed by atoms with van der Waals surface area (Å²) in [4.78, 5) is 12.0. The average Bonchev–Trinajstić information content (AvgIpc) is 3.10. The lowest BCUT2D eigenvalue weighted by molar-refractivity contribution is -0.119. The van der Waals surface area contributed by atoms with Gasteiger partial charge in [0.2, 0.25) is 5.91 Å². The molecule has 6 heteroatoms. The highest BCUT2D eigenvalue weighted by atomic mass is 19.1. The third kappa shape index (κ3) is 2.55. The molecular formula is C14H15FN4O. The molecule has 0 bridgehead atoms. The van der Waals surface area contributed by atoms with Crippen molar-refractivity contribution in [3.63, 3.8) is 0 Å². The molecule has 1 aromatic heterocycles. The number of nitrogens with one attached hydrogen (secondary N) is 2. The second kappa shape index (κ2) is 5.42. The van der Waals surface area contributed by atoms with Gasteiger partial charge in [-0.3, -0.25) is 4.79 Å². The lowest BCUT2D eigenvalue weighted by atomic mass is 10.1. The van der Waals surface area contributed by atoms with Crippen molar-refractivity contribution in [2.45, 2.75) is 6.42 Å². The molecule has 1 saturated heterocycles. The Morgan fingerprint density at radius 3 is 3.05 bits per heavy atom. The van der Waals surface area contributed by atoms with Gasteiger partial charge >= 0.3 is 0 Å². The molecule has 2 N–H and O–H groups in total. The van der Waals surface area contributed by atoms with Crippen LogP contribution in [0.4, 0.5) is 10.1 Å². The van der Waals surface area contributed by atoms with Crippen LogP contribution in [0.3, 0.4) is 0 Å². The van der Waals surface area contributed by atoms with E-state index in [2.05, 4.69) is 15.7 Å². The fourth-order valence-corrected chi connectivity index (χ4v) is 2.28. The summed E-state index contributed by atoms with van der Waals surface area (Å²) in [6.07, 6.45) is 3.97. The Morgan fingerprint density at radius 2 is 2.30 bits per heavy atom. The van der Waals surface area contributed by atoms with E-state index >= 15 is 0 Å². The number of anilines is 1. The maximum atomic E-state index is 13.6. The minimum absolute atomic E-state index is 0.00758. The van der Waals surface area contributed by atoms with Gasteiger partial charge in [-0.15, -0.1) is 0 Å². The molecule has 1 unspecified atom stereocenters. The molecule has 3 rings (SSSR count). The summed E-state index contributed by atoms with van der Waals surface area (Å²) in [5.74, 6) is -0.386. The summed E-state index contributed by atoms with van der Waals surface area (Å²) in [5.41, 5.74) is 0.931. The van der Waals surface area contributed by atoms with Gasteiger partial charge in [-0.1, -0.05) is 12.1 Å². The van der Waals surface area contributed by atoms with E-state index < -0.39 is 0 Å². The highest BCUT2D eigenvalue weighted by Gasteiger charge is 2.22. The van der Waals surface area contributed by atoms with Gasteiger partial charge in [-0.05, 0) is 25.1 Å². The van der Waals surface area contributed by atoms with Crippen molar-refractivity contribution in [2.24, 2.45) is 5.92 Å². The molecule has 1 amide bonds. The second-order valence-electron chi connectivity index (χ2n) is 4.80. The number of carbonyl (C=O) groups excluding carboxylic acids is 1. The third-order valence-corrected chi connectivity index (χ3v) is 3.38. The minimum Gasteiger partial charge on any atom is -0.323 e. The van der Waals surface area contributed by atoms with Crippen molar-refractivity contribution < 1.29 is 9.18 Å². The van der Waals surface area contributed by atoms with Crippen LogP contribution < -0.4 is 10.6 Å². The number of carbonyl (C=O) groups is 1. The van der Waals surface area contributed by atoms with Gasteiger partial charge in [0.25, 0.3) is 0 Å². The van der Waals surface area contributed by atoms with Gasteiger partial charge in [-0.25, -0.2) is 9.07 Å². The Hall–Kier alpha value is -2.21. The van der Waals surface area contributed by atoms with E-state index in [9.17, 15) is 9.18 Å². The molecule has 0 spiro atoms. The molecule has 0 radical (unpaired) electrons. The van der Waals surface area contributed by atoms with Crippen molar-refractivity contribution in [3.05, 3.63) is 42.5 Å². The number of halogens is 1. The summed E-state index contributed by atoms with van der Waals surface area (Å²) in [6, 6.07) is 6.37. The van der Waals surface area contributed by atoms with Crippen LogP contribution in [-0.4, -0.2) is 28.8 Å². The topological polar surface area (TPSA) is 59.0 Å². The van der Waals surface area contributed by atoms with Crippen LogP contribution in [0.2, 0.25) is 0 Å². The Kier molecular flexibility index (Phi) is 3.47. The Morgan fingerprint density at radius 1 is 1.45 bits per heavy atom. The van der Waals surface area contributed by atoms with E-state index in [-0.39, 0.29) is 17.6 Å². The van der Waals surface area contributed by atoms with E-state index in [1.807, 2.05) is 0 Å². The number of hydrogen-bond donors (Lipinski definition) is 2. The zero-order valence-electron chi connectivity index (χ0n) is 10.8. The molecule has 0 saturated carbocycles. The van der Waals surface area contributed by atoms with Gasteiger partial charge in [0, 0.05) is 6.54 Å². The summed E-state index contributed by atoms with van der Waals surface area (Å²) in [7, 11) is 0. The van der Waals surface area contributed by atoms with Crippen LogP contribution >= 0.6 is 0 Å². The fraction of sp³-hybridized carbons (Fsp3) is 0.286. The first-order chi connectivity index (χ1) is 9.74. The van der Waals surface area contributed by atoms with Crippen molar-refractivity contribution in [1.82, 2.24) is 15.1 Å². The van der Waals surface area contributed by atoms with E-state index in [1.165, 1.54) is 16.9 Å². The van der Waals surface area contributed by atoms with Crippen molar-refractivity contribution >= 4 is 11.6 Å². The van der Waals surface area contributed by atoms with Crippen molar-refractivity contribution in [2.75, 3.05) is 18.4 Å². The molecular weight excluding hydrogens is 259 g/mol. The highest BCUT2D eigenvalue weighted by Crippen LogP contribution is 2.16. The van der Waals surface area contributed by atoms with Crippen molar-refractivity contribution in [1.29, 1.82) is 0 Å². The zero-order chi connectivity index (χ0) is 13.9. The van der Waals surface area contributed by atoms with Crippen LogP contribution in [0, 0.1) is 11.7 Å². The SMILES string of the molecule is O=C(Nc1cnn(-c2ccccc2F)c1)C1CCNC1. The number of para-hydroxylation sites is 1. The maximum absolute atomic E-state index is 13.6. The Labute approximate surface area is 115 Å². The van der Waals surface area contributed by atoms with Crippen LogP contribution in [0.1, 0.15) is 6.42 Å². The Balaban J connectivity index is 1.74. The molecule has 1 aliphatic rings. The average molecular weight is 274 g/mol. The van der Waals surface area contributed by atoms with Gasteiger partial charge < -0.3 is 10.6 Å². The maximum Gasteiger partial charge on any atom is 0.228 e. The number of hydrogen-bond acceptors (Lipinski definition) is 3. The second-order valence-corrected chi connectivity index (χ2v) is 4.80. The molecule has 0 aliphatic carbocycles. The standard InChI is InChI=1S/C14H15FN4O/c15-12-3-1-2-4-13(12)19-9-11(8-17-19)18-14(20)10-5-6-16-7-10/h1-4,8-10,16H,5-7H2,(H,18,20). The Bertz CT molecular complexity index is 619. The number of rotatable bonds is 3. The quantitative estimate of drug-likeness (QED) is 0.893. The predicted molar refractivity (Wildman–Crippen MR) is 73.1 cm³/mol. The first-order valence-corrected chi connectivity index (χ1v) is 6.55. The highest BCUT2D eigenvalue weighted by molar-refractivity contribution is 5.92. The van der Waals surface area contributed by atoms with Crippen LogP contribution in [0.25, 0.3) is 5.69 Å². The van der Waals surface area contributed by atoms with E-state index in [0.29, 0.717) is 17.9 Å². The largest absolute Gasteiger partial charge is 0.323 e. The number of amides is 1. The lowest BCUT2D eigenvalue weighted by Gasteiger charge is -2.07. The molecule has 1 aliphatic heterocycles. The van der Waals surface area contributed by atoms with E-state index in [0.717, 1.165) is 13.0 Å². The number of nitrogens with zero attached hydrogens (tertiary/aromatic N) is 2. The monoisotopic (exact) mass is 274 g/mol. The van der Waals surface area contributed by atoms with E-state index in [1.54, 1.807) is 24.4 Å². The fourth-order valence-electron chi connectivity index (χ4n) is 2.28. The third-order valence-electron chi connectivity index (χ3n) is 3.38. The van der Waals surface area contributed by atoms with E-state index in [4.69, 9.17) is 0 Å². The number of aromatic nitrogens is 2. The molecule has 104 valence electrons. The molecule has 2 aromatic rings. The van der Waals surface area contributed by atoms with Gasteiger partial charge in [0.05, 0.1) is 24.0 Å². The number of benzene rings is 1. The molecule has 2 heterocycles. The summed E-state index contributed by atoms with van der Waals surface area (Å²) in [5, 5.41) is 10.0. The normalized spacial score (nSPS) is 18.1. The molecule has 5 nitrogen and oxygen atoms in total. The smallest absolute Gasteiger partial charge is 0.228 e. The first kappa shape index (κ1) is 12.8. The summed E-state index contributed by atoms with van der Waals surface area (Å²) in [6.45, 7) is 1.57. The van der Waals surface area contributed by atoms with Gasteiger partial charge in [-0.2, -0.15) is 5.10 Å². The molecule has 1 fully saturated rings. The lowest BCUT2D eigenvalue weighted by Crippen LogP contribution is -2.24. The predicted octanol–water partition coefficient (Wildman–Crippen LogP) is 1.56. The van der Waals surface area contributed by atoms with Crippen LogP contribution in [0.15, 0.2) is 36.7 Å². The zero-order valence-corrected chi connectivity index (χ0v) is 10.8. The molecule has 1 atom stereocenters. The van der Waals surface area contributed by atoms with Crippen LogP contribution in [-0.2, 0) is 4.79 Å². The first-order valence-electron chi connectivity index (χ1n) is 6.55. The molecule has 20 heavy (non-hydrogen) atoms. The van der Waals surface area contributed by atoms with Gasteiger partial charge in [0.1, 0.15) is 11.5 Å². The van der Waals surface area contributed by atoms with Gasteiger partial charge in [0.15, 0.2) is 0 Å². The van der Waals surface area contributed by atoms with Crippen molar-refractivity contribution in [3.8, 4) is 5.69 Å². The minimum atomic E-state index is -0.353.